The number of benzene rings is 1. The Hall–Kier alpha value is -2.45. The molecule has 128 valence electrons. The molecule has 2 aromatic heterocycles. The first-order valence-electron chi connectivity index (χ1n) is 7.68. The van der Waals surface area contributed by atoms with Gasteiger partial charge in [0.1, 0.15) is 0 Å². The number of nitrogens with zero attached hydrogens (tertiary/aromatic N) is 2. The number of rotatable bonds is 3. The molecule has 1 aliphatic heterocycles. The Bertz CT molecular complexity index is 1070. The first kappa shape index (κ1) is 16.0. The van der Waals surface area contributed by atoms with Crippen LogP contribution in [0.3, 0.4) is 0 Å². The lowest BCUT2D eigenvalue weighted by Gasteiger charge is -2.15. The zero-order valence-electron chi connectivity index (χ0n) is 13.3. The smallest absolute Gasteiger partial charge is 0.359 e. The van der Waals surface area contributed by atoms with Gasteiger partial charge in [0.25, 0.3) is 0 Å². The Kier molecular flexibility index (Phi) is 3.73. The van der Waals surface area contributed by atoms with Gasteiger partial charge < -0.3 is 4.74 Å². The largest absolute Gasteiger partial charge is 0.461 e. The van der Waals surface area contributed by atoms with Crippen LogP contribution in [0.25, 0.3) is 16.3 Å². The highest BCUT2D eigenvalue weighted by Gasteiger charge is 2.37. The molecule has 3 aromatic rings. The molecule has 0 unspecified atom stereocenters. The number of para-hydroxylation sites is 1. The highest BCUT2D eigenvalue weighted by Crippen LogP contribution is 2.43. The molecule has 25 heavy (non-hydrogen) atoms. The van der Waals surface area contributed by atoms with E-state index in [0.717, 1.165) is 5.69 Å². The van der Waals surface area contributed by atoms with Crippen LogP contribution < -0.4 is 0 Å². The van der Waals surface area contributed by atoms with Crippen LogP contribution in [0.2, 0.25) is 0 Å². The van der Waals surface area contributed by atoms with E-state index >= 15 is 0 Å². The van der Waals surface area contributed by atoms with Gasteiger partial charge in [0.05, 0.1) is 33.5 Å². The Morgan fingerprint density at radius 1 is 1.28 bits per heavy atom. The number of thiophene rings is 1. The Morgan fingerprint density at radius 3 is 2.76 bits per heavy atom. The monoisotopic (exact) mass is 374 g/mol. The van der Waals surface area contributed by atoms with Gasteiger partial charge in [-0.15, -0.1) is 11.3 Å². The van der Waals surface area contributed by atoms with Gasteiger partial charge in [0.2, 0.25) is 0 Å². The summed E-state index contributed by atoms with van der Waals surface area (Å²) < 4.78 is 31.9. The molecule has 0 saturated heterocycles. The van der Waals surface area contributed by atoms with Crippen molar-refractivity contribution in [3.8, 4) is 16.3 Å². The lowest BCUT2D eigenvalue weighted by atomic mass is 10.1. The van der Waals surface area contributed by atoms with E-state index in [0.29, 0.717) is 16.1 Å². The van der Waals surface area contributed by atoms with E-state index in [1.54, 1.807) is 23.1 Å². The number of carbonyl (C=O) groups is 1. The first-order chi connectivity index (χ1) is 12.0. The highest BCUT2D eigenvalue weighted by atomic mass is 32.2. The van der Waals surface area contributed by atoms with Gasteiger partial charge in [0.15, 0.2) is 15.5 Å². The number of ether oxygens (including phenoxy) is 1. The number of fused-ring (bicyclic) bond motifs is 3. The second-order valence-corrected chi connectivity index (χ2v) is 8.39. The van der Waals surface area contributed by atoms with Gasteiger partial charge in [-0.25, -0.2) is 17.9 Å². The predicted molar refractivity (Wildman–Crippen MR) is 93.7 cm³/mol. The zero-order chi connectivity index (χ0) is 17.6. The summed E-state index contributed by atoms with van der Waals surface area (Å²) in [5.74, 6) is -0.865. The average molecular weight is 374 g/mol. The van der Waals surface area contributed by atoms with Crippen LogP contribution >= 0.6 is 11.3 Å². The quantitative estimate of drug-likeness (QED) is 0.659. The van der Waals surface area contributed by atoms with Crippen molar-refractivity contribution in [2.75, 3.05) is 6.61 Å². The maximum atomic E-state index is 12.6. The topological polar surface area (TPSA) is 78.3 Å². The highest BCUT2D eigenvalue weighted by molar-refractivity contribution is 7.91. The predicted octanol–water partition coefficient (Wildman–Crippen LogP) is 3.06. The van der Waals surface area contributed by atoms with Crippen LogP contribution in [0.1, 0.15) is 23.0 Å². The van der Waals surface area contributed by atoms with Crippen LogP contribution in [0.4, 0.5) is 0 Å². The molecule has 0 atom stereocenters. The minimum atomic E-state index is -3.50. The SMILES string of the molecule is CCOC(=O)c1nn(-c2ccccc2)c2c1CS(=O)(=O)c1ccsc1-2. The van der Waals surface area contributed by atoms with Crippen molar-refractivity contribution in [1.82, 2.24) is 9.78 Å². The summed E-state index contributed by atoms with van der Waals surface area (Å²) in [5.41, 5.74) is 1.86. The van der Waals surface area contributed by atoms with Crippen molar-refractivity contribution in [1.29, 1.82) is 0 Å². The summed E-state index contributed by atoms with van der Waals surface area (Å²) in [6.07, 6.45) is 0. The summed E-state index contributed by atoms with van der Waals surface area (Å²) in [6, 6.07) is 10.9. The molecule has 0 saturated carbocycles. The molecule has 0 radical (unpaired) electrons. The van der Waals surface area contributed by atoms with Crippen LogP contribution in [0.5, 0.6) is 0 Å². The first-order valence-corrected chi connectivity index (χ1v) is 10.2. The Morgan fingerprint density at radius 2 is 2.04 bits per heavy atom. The van der Waals surface area contributed by atoms with Crippen molar-refractivity contribution < 1.29 is 17.9 Å². The molecule has 0 fully saturated rings. The van der Waals surface area contributed by atoms with E-state index in [9.17, 15) is 13.2 Å². The van der Waals surface area contributed by atoms with Gasteiger partial charge in [-0.2, -0.15) is 5.10 Å². The molecule has 1 aromatic carbocycles. The van der Waals surface area contributed by atoms with Crippen molar-refractivity contribution in [2.24, 2.45) is 0 Å². The van der Waals surface area contributed by atoms with Crippen LogP contribution in [-0.2, 0) is 20.3 Å². The van der Waals surface area contributed by atoms with Gasteiger partial charge in [-0.05, 0) is 30.5 Å². The maximum absolute atomic E-state index is 12.6. The molecular formula is C17H14N2O4S2. The molecule has 1 aliphatic rings. The number of sulfone groups is 1. The number of esters is 1. The molecule has 0 amide bonds. The van der Waals surface area contributed by atoms with Crippen molar-refractivity contribution in [2.45, 2.75) is 17.6 Å². The van der Waals surface area contributed by atoms with Crippen molar-refractivity contribution in [3.05, 3.63) is 53.0 Å². The van der Waals surface area contributed by atoms with Crippen molar-refractivity contribution in [3.63, 3.8) is 0 Å². The summed E-state index contributed by atoms with van der Waals surface area (Å²) in [6.45, 7) is 1.90. The third-order valence-corrected chi connectivity index (χ3v) is 6.70. The van der Waals surface area contributed by atoms with Gasteiger partial charge >= 0.3 is 5.97 Å². The normalized spacial score (nSPS) is 14.6. The number of carbonyl (C=O) groups excluding carboxylic acids is 1. The Labute approximate surface area is 148 Å². The fourth-order valence-corrected chi connectivity index (χ4v) is 5.84. The standard InChI is InChI=1S/C17H14N2O4S2/c1-2-23-17(20)14-12-10-25(21,22)13-8-9-24-16(13)15(12)19(18-14)11-6-4-3-5-7-11/h3-9H,2,10H2,1H3. The third kappa shape index (κ3) is 2.49. The van der Waals surface area contributed by atoms with Gasteiger partial charge in [-0.3, -0.25) is 0 Å². The van der Waals surface area contributed by atoms with E-state index in [1.807, 2.05) is 30.3 Å². The number of aromatic nitrogens is 2. The lowest BCUT2D eigenvalue weighted by molar-refractivity contribution is 0.0518. The van der Waals surface area contributed by atoms with E-state index in [-0.39, 0.29) is 22.9 Å². The number of hydrogen-bond donors (Lipinski definition) is 0. The summed E-state index contributed by atoms with van der Waals surface area (Å²) in [4.78, 5) is 13.2. The van der Waals surface area contributed by atoms with Crippen LogP contribution in [0, 0.1) is 0 Å². The maximum Gasteiger partial charge on any atom is 0.359 e. The van der Waals surface area contributed by atoms with Crippen LogP contribution in [0.15, 0.2) is 46.7 Å². The van der Waals surface area contributed by atoms with E-state index in [4.69, 9.17) is 4.74 Å². The number of hydrogen-bond acceptors (Lipinski definition) is 6. The average Bonchev–Trinajstić information content (AvgIpc) is 3.20. The molecule has 3 heterocycles. The molecule has 4 rings (SSSR count). The molecule has 6 nitrogen and oxygen atoms in total. The Balaban J connectivity index is 2.03. The third-order valence-electron chi connectivity index (χ3n) is 3.97. The summed E-state index contributed by atoms with van der Waals surface area (Å²) in [7, 11) is -3.50. The van der Waals surface area contributed by atoms with Gasteiger partial charge in [-0.1, -0.05) is 18.2 Å². The lowest BCUT2D eigenvalue weighted by Crippen LogP contribution is -2.15. The minimum absolute atomic E-state index is 0.0586. The molecule has 0 bridgehead atoms. The zero-order valence-corrected chi connectivity index (χ0v) is 14.9. The molecule has 0 N–H and O–H groups in total. The van der Waals surface area contributed by atoms with Crippen molar-refractivity contribution >= 4 is 27.1 Å². The molecular weight excluding hydrogens is 360 g/mol. The fraction of sp³-hybridized carbons (Fsp3) is 0.176. The molecule has 0 aliphatic carbocycles. The molecule has 8 heteroatoms. The second-order valence-electron chi connectivity index (χ2n) is 5.52. The summed E-state index contributed by atoms with van der Waals surface area (Å²) >= 11 is 1.33. The second kappa shape index (κ2) is 5.82. The minimum Gasteiger partial charge on any atom is -0.461 e. The van der Waals surface area contributed by atoms with Gasteiger partial charge in [0, 0.05) is 5.56 Å². The molecule has 0 spiro atoms. The fourth-order valence-electron chi connectivity index (χ4n) is 2.92. The summed E-state index contributed by atoms with van der Waals surface area (Å²) in [5, 5.41) is 6.15. The van der Waals surface area contributed by atoms with E-state index in [1.165, 1.54) is 11.3 Å². The van der Waals surface area contributed by atoms with Crippen LogP contribution in [-0.4, -0.2) is 30.8 Å². The van der Waals surface area contributed by atoms with E-state index in [2.05, 4.69) is 5.10 Å². The van der Waals surface area contributed by atoms with E-state index < -0.39 is 15.8 Å².